The van der Waals surface area contributed by atoms with Gasteiger partial charge in [-0.3, -0.25) is 0 Å². The molecule has 2 aromatic rings. The normalized spacial score (nSPS) is 17.2. The lowest BCUT2D eigenvalue weighted by Crippen LogP contribution is -2.44. The molecule has 39 heavy (non-hydrogen) atoms. The van der Waals surface area contributed by atoms with Crippen molar-refractivity contribution in [3.63, 3.8) is 0 Å². The van der Waals surface area contributed by atoms with E-state index < -0.39 is 17.6 Å². The maximum atomic E-state index is 16.0. The zero-order valence-corrected chi connectivity index (χ0v) is 24.1. The third-order valence-electron chi connectivity index (χ3n) is 8.40. The molecule has 0 heterocycles. The molecular formula is C34H47FO4. The number of hydrogen-bond donors (Lipinski definition) is 1. The second-order valence-electron chi connectivity index (χ2n) is 11.5. The molecule has 0 radical (unpaired) electrons. The zero-order chi connectivity index (χ0) is 28.3. The van der Waals surface area contributed by atoms with Crippen molar-refractivity contribution in [3.8, 4) is 11.1 Å². The molecule has 0 aromatic heterocycles. The van der Waals surface area contributed by atoms with E-state index in [4.69, 9.17) is 4.74 Å². The summed E-state index contributed by atoms with van der Waals surface area (Å²) in [6.45, 7) is 6.19. The van der Waals surface area contributed by atoms with Crippen LogP contribution in [0.5, 0.6) is 0 Å². The van der Waals surface area contributed by atoms with Crippen molar-refractivity contribution in [2.24, 2.45) is 5.92 Å². The topological polar surface area (TPSA) is 63.6 Å². The van der Waals surface area contributed by atoms with Gasteiger partial charge in [-0.1, -0.05) is 95.2 Å². The van der Waals surface area contributed by atoms with Crippen LogP contribution in [-0.2, 0) is 9.53 Å². The minimum atomic E-state index is -2.18. The minimum Gasteiger partial charge on any atom is -0.479 e. The highest BCUT2D eigenvalue weighted by Gasteiger charge is 2.48. The number of carboxylic acids is 1. The van der Waals surface area contributed by atoms with Crippen LogP contribution < -0.4 is 0 Å². The number of alkyl halides is 1. The van der Waals surface area contributed by atoms with Gasteiger partial charge in [-0.05, 0) is 80.2 Å². The van der Waals surface area contributed by atoms with Gasteiger partial charge >= 0.3 is 11.9 Å². The molecule has 0 amide bonds. The fraction of sp³-hybridized carbons (Fsp3) is 0.588. The van der Waals surface area contributed by atoms with E-state index in [1.807, 2.05) is 43.3 Å². The number of carbonyl (C=O) groups is 2. The molecule has 5 heteroatoms. The van der Waals surface area contributed by atoms with E-state index in [0.29, 0.717) is 18.4 Å². The van der Waals surface area contributed by atoms with Gasteiger partial charge in [0.1, 0.15) is 0 Å². The average Bonchev–Trinajstić information content (AvgIpc) is 2.95. The molecule has 1 saturated carbocycles. The molecule has 1 fully saturated rings. The second kappa shape index (κ2) is 15.2. The van der Waals surface area contributed by atoms with Crippen LogP contribution in [0.25, 0.3) is 11.1 Å². The van der Waals surface area contributed by atoms with Crippen LogP contribution in [0.2, 0.25) is 0 Å². The van der Waals surface area contributed by atoms with Crippen molar-refractivity contribution >= 4 is 11.9 Å². The van der Waals surface area contributed by atoms with Crippen LogP contribution in [0.15, 0.2) is 48.5 Å². The minimum absolute atomic E-state index is 0.0218. The maximum absolute atomic E-state index is 16.0. The van der Waals surface area contributed by atoms with Crippen molar-refractivity contribution in [2.75, 3.05) is 0 Å². The summed E-state index contributed by atoms with van der Waals surface area (Å²) in [5, 5.41) is 9.90. The van der Waals surface area contributed by atoms with E-state index in [-0.39, 0.29) is 24.4 Å². The Balaban J connectivity index is 1.66. The highest BCUT2D eigenvalue weighted by molar-refractivity contribution is 5.90. The Hall–Kier alpha value is -2.69. The van der Waals surface area contributed by atoms with E-state index in [1.54, 1.807) is 12.1 Å². The first-order valence-corrected chi connectivity index (χ1v) is 15.1. The molecule has 1 unspecified atom stereocenters. The molecule has 1 N–H and O–H groups in total. The van der Waals surface area contributed by atoms with E-state index in [0.717, 1.165) is 61.6 Å². The SMILES string of the molecule is CCCCCC[C@@H](C)OC(=O)c1ccc(-c2ccc(C(CCC)C[C@@](F)(C(=O)O)C3CCCCC3)cc2)cc1. The van der Waals surface area contributed by atoms with Crippen molar-refractivity contribution in [1.82, 2.24) is 0 Å². The molecule has 214 valence electrons. The van der Waals surface area contributed by atoms with Gasteiger partial charge in [-0.2, -0.15) is 0 Å². The number of benzene rings is 2. The summed E-state index contributed by atoms with van der Waals surface area (Å²) < 4.78 is 21.7. The van der Waals surface area contributed by atoms with E-state index in [1.165, 1.54) is 19.3 Å². The number of rotatable bonds is 15. The average molecular weight is 539 g/mol. The van der Waals surface area contributed by atoms with Gasteiger partial charge in [0, 0.05) is 5.92 Å². The Labute approximate surface area is 234 Å². The number of carbonyl (C=O) groups excluding carboxylic acids is 1. The summed E-state index contributed by atoms with van der Waals surface area (Å²) in [5.41, 5.74) is 1.30. The van der Waals surface area contributed by atoms with Crippen molar-refractivity contribution in [2.45, 2.75) is 122 Å². The highest BCUT2D eigenvalue weighted by Crippen LogP contribution is 2.43. The summed E-state index contributed by atoms with van der Waals surface area (Å²) in [6.07, 6.45) is 11.2. The molecule has 0 bridgehead atoms. The van der Waals surface area contributed by atoms with E-state index in [2.05, 4.69) is 13.8 Å². The molecule has 3 rings (SSSR count). The zero-order valence-electron chi connectivity index (χ0n) is 24.1. The highest BCUT2D eigenvalue weighted by atomic mass is 19.1. The first-order valence-electron chi connectivity index (χ1n) is 15.1. The molecule has 3 atom stereocenters. The van der Waals surface area contributed by atoms with Crippen molar-refractivity contribution in [3.05, 3.63) is 59.7 Å². The fourth-order valence-electron chi connectivity index (χ4n) is 6.00. The molecule has 4 nitrogen and oxygen atoms in total. The van der Waals surface area contributed by atoms with Gasteiger partial charge in [0.2, 0.25) is 5.67 Å². The van der Waals surface area contributed by atoms with Crippen LogP contribution in [0, 0.1) is 5.92 Å². The third kappa shape index (κ3) is 8.65. The number of unbranched alkanes of at least 4 members (excludes halogenated alkanes) is 3. The van der Waals surface area contributed by atoms with Crippen LogP contribution in [0.4, 0.5) is 4.39 Å². The summed E-state index contributed by atoms with van der Waals surface area (Å²) in [4.78, 5) is 24.7. The summed E-state index contributed by atoms with van der Waals surface area (Å²) in [5.74, 6) is -2.16. The largest absolute Gasteiger partial charge is 0.479 e. The lowest BCUT2D eigenvalue weighted by molar-refractivity contribution is -0.157. The number of esters is 1. The fourth-order valence-corrected chi connectivity index (χ4v) is 6.00. The Bertz CT molecular complexity index is 1030. The van der Waals surface area contributed by atoms with Gasteiger partial charge in [0.25, 0.3) is 0 Å². The molecule has 0 aliphatic heterocycles. The second-order valence-corrected chi connectivity index (χ2v) is 11.5. The van der Waals surface area contributed by atoms with Gasteiger partial charge in [-0.15, -0.1) is 0 Å². The number of hydrogen-bond acceptors (Lipinski definition) is 3. The number of aliphatic carboxylic acids is 1. The predicted octanol–water partition coefficient (Wildman–Crippen LogP) is 9.52. The first kappa shape index (κ1) is 30.8. The van der Waals surface area contributed by atoms with E-state index in [9.17, 15) is 14.7 Å². The van der Waals surface area contributed by atoms with Gasteiger partial charge in [-0.25, -0.2) is 14.0 Å². The van der Waals surface area contributed by atoms with Crippen LogP contribution >= 0.6 is 0 Å². The Morgan fingerprint density at radius 1 is 0.897 bits per heavy atom. The Morgan fingerprint density at radius 2 is 1.51 bits per heavy atom. The summed E-state index contributed by atoms with van der Waals surface area (Å²) in [7, 11) is 0. The molecule has 1 aliphatic rings. The van der Waals surface area contributed by atoms with Crippen LogP contribution in [0.3, 0.4) is 0 Å². The molecule has 0 saturated heterocycles. The summed E-state index contributed by atoms with van der Waals surface area (Å²) in [6, 6.07) is 15.4. The standard InChI is InChI=1S/C34H47FO4/c1-4-6-7-9-13-25(3)39-32(36)29-22-20-27(21-23-29)26-16-18-28(19-17-26)30(12-5-2)24-34(35,33(37)38)31-14-10-8-11-15-31/h16-23,25,30-31H,4-15,24H2,1-3H3,(H,37,38)/t25-,30?,34+/m1/s1. The summed E-state index contributed by atoms with van der Waals surface area (Å²) >= 11 is 0. The van der Waals surface area contributed by atoms with Gasteiger partial charge < -0.3 is 9.84 Å². The maximum Gasteiger partial charge on any atom is 0.341 e. The number of halogens is 1. The Kier molecular flexibility index (Phi) is 12.0. The van der Waals surface area contributed by atoms with Crippen molar-refractivity contribution in [1.29, 1.82) is 0 Å². The molecule has 0 spiro atoms. The number of carboxylic acid groups (broad SMARTS) is 1. The molecular weight excluding hydrogens is 491 g/mol. The lowest BCUT2D eigenvalue weighted by atomic mass is 9.72. The smallest absolute Gasteiger partial charge is 0.341 e. The molecule has 2 aromatic carbocycles. The molecule has 1 aliphatic carbocycles. The lowest BCUT2D eigenvalue weighted by Gasteiger charge is -2.35. The quantitative estimate of drug-likeness (QED) is 0.181. The predicted molar refractivity (Wildman–Crippen MR) is 156 cm³/mol. The van der Waals surface area contributed by atoms with E-state index >= 15 is 4.39 Å². The Morgan fingerprint density at radius 3 is 2.08 bits per heavy atom. The first-order chi connectivity index (χ1) is 18.8. The van der Waals surface area contributed by atoms with Gasteiger partial charge in [0.15, 0.2) is 0 Å². The monoisotopic (exact) mass is 538 g/mol. The number of ether oxygens (including phenoxy) is 1. The van der Waals surface area contributed by atoms with Gasteiger partial charge in [0.05, 0.1) is 11.7 Å². The van der Waals surface area contributed by atoms with Crippen LogP contribution in [0.1, 0.15) is 126 Å². The van der Waals surface area contributed by atoms with Crippen LogP contribution in [-0.4, -0.2) is 28.8 Å². The third-order valence-corrected chi connectivity index (χ3v) is 8.40. The van der Waals surface area contributed by atoms with Crippen molar-refractivity contribution < 1.29 is 23.8 Å².